The van der Waals surface area contributed by atoms with Gasteiger partial charge in [0.25, 0.3) is 11.8 Å². The van der Waals surface area contributed by atoms with Gasteiger partial charge in [0.1, 0.15) is 4.88 Å². The van der Waals surface area contributed by atoms with Crippen LogP contribution in [0.25, 0.3) is 0 Å². The Kier molecular flexibility index (Phi) is 6.21. The van der Waals surface area contributed by atoms with Gasteiger partial charge >= 0.3 is 0 Å². The number of aromatic nitrogens is 1. The van der Waals surface area contributed by atoms with Gasteiger partial charge in [-0.25, -0.2) is 4.98 Å². The van der Waals surface area contributed by atoms with Crippen LogP contribution in [0.5, 0.6) is 0 Å². The molecule has 5 nitrogen and oxygen atoms in total. The SMILES string of the molecule is Cc1nc(Cc2ccccc2)sc1C(=O)NCc1cccc(C(=O)N(C)C)c1. The maximum absolute atomic E-state index is 12.6. The topological polar surface area (TPSA) is 62.3 Å². The van der Waals surface area contributed by atoms with E-state index >= 15 is 0 Å². The highest BCUT2D eigenvalue weighted by Gasteiger charge is 2.16. The molecule has 0 fully saturated rings. The Bertz CT molecular complexity index is 980. The van der Waals surface area contributed by atoms with Gasteiger partial charge in [0, 0.05) is 32.6 Å². The summed E-state index contributed by atoms with van der Waals surface area (Å²) in [5, 5.41) is 3.86. The second-order valence-corrected chi connectivity index (χ2v) is 7.85. The summed E-state index contributed by atoms with van der Waals surface area (Å²) >= 11 is 1.43. The molecule has 6 heteroatoms. The maximum Gasteiger partial charge on any atom is 0.263 e. The van der Waals surface area contributed by atoms with E-state index in [1.165, 1.54) is 21.8 Å². The fourth-order valence-corrected chi connectivity index (χ4v) is 3.86. The van der Waals surface area contributed by atoms with E-state index in [0.29, 0.717) is 23.4 Å². The first-order chi connectivity index (χ1) is 13.4. The third-order valence-electron chi connectivity index (χ3n) is 4.28. The smallest absolute Gasteiger partial charge is 0.263 e. The maximum atomic E-state index is 12.6. The molecule has 2 amide bonds. The van der Waals surface area contributed by atoms with Crippen molar-refractivity contribution < 1.29 is 9.59 Å². The molecule has 144 valence electrons. The van der Waals surface area contributed by atoms with Crippen molar-refractivity contribution >= 4 is 23.2 Å². The standard InChI is InChI=1S/C22H23N3O2S/c1-15-20(28-19(24-15)13-16-8-5-4-6-9-16)21(26)23-14-17-10-7-11-18(12-17)22(27)25(2)3/h4-12H,13-14H2,1-3H3,(H,23,26). The monoisotopic (exact) mass is 393 g/mol. The fraction of sp³-hybridized carbons (Fsp3) is 0.227. The Morgan fingerprint density at radius 1 is 1.04 bits per heavy atom. The molecular formula is C22H23N3O2S. The number of nitrogens with zero attached hydrogens (tertiary/aromatic N) is 2. The number of thiazole rings is 1. The lowest BCUT2D eigenvalue weighted by Crippen LogP contribution is -2.24. The van der Waals surface area contributed by atoms with Crippen LogP contribution in [0.3, 0.4) is 0 Å². The molecule has 0 spiro atoms. The van der Waals surface area contributed by atoms with Crippen molar-refractivity contribution in [3.8, 4) is 0 Å². The van der Waals surface area contributed by atoms with Gasteiger partial charge in [0.05, 0.1) is 10.7 Å². The van der Waals surface area contributed by atoms with Gasteiger partial charge in [-0.05, 0) is 30.2 Å². The first-order valence-corrected chi connectivity index (χ1v) is 9.84. The van der Waals surface area contributed by atoms with Crippen molar-refractivity contribution in [1.29, 1.82) is 0 Å². The molecule has 3 rings (SSSR count). The molecule has 0 unspecified atom stereocenters. The molecule has 0 aliphatic carbocycles. The lowest BCUT2D eigenvalue weighted by atomic mass is 10.1. The summed E-state index contributed by atoms with van der Waals surface area (Å²) in [7, 11) is 3.44. The molecule has 0 atom stereocenters. The van der Waals surface area contributed by atoms with Crippen LogP contribution in [-0.2, 0) is 13.0 Å². The Hall–Kier alpha value is -2.99. The number of hydrogen-bond acceptors (Lipinski definition) is 4. The third kappa shape index (κ3) is 4.84. The highest BCUT2D eigenvalue weighted by Crippen LogP contribution is 2.21. The van der Waals surface area contributed by atoms with E-state index in [4.69, 9.17) is 0 Å². The van der Waals surface area contributed by atoms with Gasteiger partial charge in [0.15, 0.2) is 0 Å². The zero-order valence-electron chi connectivity index (χ0n) is 16.2. The predicted molar refractivity (Wildman–Crippen MR) is 112 cm³/mol. The second-order valence-electron chi connectivity index (χ2n) is 6.77. The molecule has 3 aromatic rings. The van der Waals surface area contributed by atoms with E-state index in [9.17, 15) is 9.59 Å². The molecule has 0 bridgehead atoms. The van der Waals surface area contributed by atoms with Crippen LogP contribution in [0.2, 0.25) is 0 Å². The average molecular weight is 394 g/mol. The van der Waals surface area contributed by atoms with E-state index in [0.717, 1.165) is 16.3 Å². The first-order valence-electron chi connectivity index (χ1n) is 9.03. The minimum Gasteiger partial charge on any atom is -0.347 e. The zero-order chi connectivity index (χ0) is 20.1. The van der Waals surface area contributed by atoms with E-state index < -0.39 is 0 Å². The first kappa shape index (κ1) is 19.8. The number of nitrogens with one attached hydrogen (secondary N) is 1. The largest absolute Gasteiger partial charge is 0.347 e. The number of carbonyl (C=O) groups excluding carboxylic acids is 2. The molecule has 2 aromatic carbocycles. The van der Waals surface area contributed by atoms with Crippen molar-refractivity contribution in [2.45, 2.75) is 19.9 Å². The molecular weight excluding hydrogens is 370 g/mol. The number of aryl methyl sites for hydroxylation is 1. The number of benzene rings is 2. The summed E-state index contributed by atoms with van der Waals surface area (Å²) in [5.74, 6) is -0.198. The van der Waals surface area contributed by atoms with Crippen LogP contribution in [-0.4, -0.2) is 35.8 Å². The minimum absolute atomic E-state index is 0.0583. The number of carbonyl (C=O) groups is 2. The Morgan fingerprint density at radius 2 is 1.75 bits per heavy atom. The van der Waals surface area contributed by atoms with Gasteiger partial charge in [-0.3, -0.25) is 9.59 Å². The summed E-state index contributed by atoms with van der Waals surface area (Å²) in [6.07, 6.45) is 0.717. The minimum atomic E-state index is -0.140. The molecule has 28 heavy (non-hydrogen) atoms. The van der Waals surface area contributed by atoms with Gasteiger partial charge in [0.2, 0.25) is 0 Å². The Labute approximate surface area is 169 Å². The van der Waals surface area contributed by atoms with Crippen LogP contribution in [0.15, 0.2) is 54.6 Å². The second kappa shape index (κ2) is 8.80. The normalized spacial score (nSPS) is 10.5. The fourth-order valence-electron chi connectivity index (χ4n) is 2.84. The van der Waals surface area contributed by atoms with Gasteiger partial charge in [-0.15, -0.1) is 11.3 Å². The van der Waals surface area contributed by atoms with Crippen LogP contribution in [0, 0.1) is 6.92 Å². The molecule has 0 aliphatic rings. The molecule has 0 aliphatic heterocycles. The van der Waals surface area contributed by atoms with Crippen molar-refractivity contribution in [3.05, 3.63) is 86.9 Å². The molecule has 1 aromatic heterocycles. The summed E-state index contributed by atoms with van der Waals surface area (Å²) in [6, 6.07) is 17.4. The average Bonchev–Trinajstić information content (AvgIpc) is 3.06. The van der Waals surface area contributed by atoms with E-state index in [1.54, 1.807) is 20.2 Å². The van der Waals surface area contributed by atoms with Gasteiger partial charge in [-0.1, -0.05) is 42.5 Å². The zero-order valence-corrected chi connectivity index (χ0v) is 17.0. The highest BCUT2D eigenvalue weighted by atomic mass is 32.1. The van der Waals surface area contributed by atoms with E-state index in [-0.39, 0.29) is 11.8 Å². The summed E-state index contributed by atoms with van der Waals surface area (Å²) in [5.41, 5.74) is 3.40. The van der Waals surface area contributed by atoms with Crippen molar-refractivity contribution in [3.63, 3.8) is 0 Å². The quantitative estimate of drug-likeness (QED) is 0.695. The number of hydrogen-bond donors (Lipinski definition) is 1. The van der Waals surface area contributed by atoms with E-state index in [2.05, 4.69) is 22.4 Å². The molecule has 1 N–H and O–H groups in total. The van der Waals surface area contributed by atoms with Gasteiger partial charge < -0.3 is 10.2 Å². The van der Waals surface area contributed by atoms with Crippen LogP contribution >= 0.6 is 11.3 Å². The Balaban J connectivity index is 1.65. The van der Waals surface area contributed by atoms with Gasteiger partial charge in [-0.2, -0.15) is 0 Å². The summed E-state index contributed by atoms with van der Waals surface area (Å²) in [6.45, 7) is 2.22. The van der Waals surface area contributed by atoms with Crippen LogP contribution in [0.1, 0.15) is 41.9 Å². The molecule has 0 saturated carbocycles. The van der Waals surface area contributed by atoms with E-state index in [1.807, 2.05) is 43.3 Å². The van der Waals surface area contributed by atoms with Crippen LogP contribution < -0.4 is 5.32 Å². The molecule has 1 heterocycles. The number of rotatable bonds is 6. The van der Waals surface area contributed by atoms with Crippen molar-refractivity contribution in [1.82, 2.24) is 15.2 Å². The summed E-state index contributed by atoms with van der Waals surface area (Å²) < 4.78 is 0. The predicted octanol–water partition coefficient (Wildman–Crippen LogP) is 3.67. The van der Waals surface area contributed by atoms with Crippen molar-refractivity contribution in [2.75, 3.05) is 14.1 Å². The highest BCUT2D eigenvalue weighted by molar-refractivity contribution is 7.13. The number of amides is 2. The lowest BCUT2D eigenvalue weighted by Gasteiger charge is -2.11. The van der Waals surface area contributed by atoms with Crippen molar-refractivity contribution in [2.24, 2.45) is 0 Å². The molecule has 0 radical (unpaired) electrons. The van der Waals surface area contributed by atoms with Crippen LogP contribution in [0.4, 0.5) is 0 Å². The third-order valence-corrected chi connectivity index (χ3v) is 5.43. The lowest BCUT2D eigenvalue weighted by molar-refractivity contribution is 0.0827. The Morgan fingerprint density at radius 3 is 2.46 bits per heavy atom. The molecule has 0 saturated heterocycles. The summed E-state index contributed by atoms with van der Waals surface area (Å²) in [4.78, 5) is 31.4.